The molecule has 0 aromatic heterocycles. The van der Waals surface area contributed by atoms with Crippen LogP contribution in [0.1, 0.15) is 43.5 Å². The molecule has 4 aliphatic rings. The van der Waals surface area contributed by atoms with E-state index in [9.17, 15) is 4.79 Å². The van der Waals surface area contributed by atoms with Crippen molar-refractivity contribution in [2.45, 2.75) is 44.5 Å². The normalized spacial score (nSPS) is 45.0. The Morgan fingerprint density at radius 2 is 2.10 bits per heavy atom. The fraction of sp³-hybridized carbons (Fsp3) is 0.588. The average Bonchev–Trinajstić information content (AvgIpc) is 3.08. The van der Waals surface area contributed by atoms with Gasteiger partial charge in [0.15, 0.2) is 0 Å². The van der Waals surface area contributed by atoms with Gasteiger partial charge in [0.2, 0.25) is 0 Å². The summed E-state index contributed by atoms with van der Waals surface area (Å²) >= 11 is -2.77. The minimum absolute atomic E-state index is 0.158. The molecule has 1 aromatic rings. The van der Waals surface area contributed by atoms with Crippen LogP contribution in [0.5, 0.6) is 0 Å². The Morgan fingerprint density at radius 3 is 2.86 bits per heavy atom. The SMILES string of the molecule is CC1(C)[C@@H]2CC[C@]13C[Se@@]1(OC(=O)c4ccccc41)O[C@@H]3C2. The van der Waals surface area contributed by atoms with E-state index >= 15 is 0 Å². The van der Waals surface area contributed by atoms with E-state index in [1.165, 1.54) is 12.8 Å². The van der Waals surface area contributed by atoms with Gasteiger partial charge in [0, 0.05) is 0 Å². The molecular formula is C17H20O3Se. The average molecular weight is 351 g/mol. The van der Waals surface area contributed by atoms with E-state index in [1.807, 2.05) is 18.2 Å². The van der Waals surface area contributed by atoms with Crippen LogP contribution in [0.4, 0.5) is 0 Å². The fourth-order valence-electron chi connectivity index (χ4n) is 5.33. The van der Waals surface area contributed by atoms with Crippen molar-refractivity contribution in [3.63, 3.8) is 0 Å². The second-order valence-electron chi connectivity index (χ2n) is 7.56. The van der Waals surface area contributed by atoms with E-state index in [-0.39, 0.29) is 11.4 Å². The van der Waals surface area contributed by atoms with Gasteiger partial charge in [-0.3, -0.25) is 0 Å². The van der Waals surface area contributed by atoms with Crippen LogP contribution >= 0.6 is 0 Å². The van der Waals surface area contributed by atoms with Crippen molar-refractivity contribution in [3.8, 4) is 0 Å². The number of carbonyl (C=O) groups is 1. The number of carbonyl (C=O) groups excluding carboxylic acids is 1. The first kappa shape index (κ1) is 12.7. The molecule has 21 heavy (non-hydrogen) atoms. The molecule has 2 aliphatic heterocycles. The Hall–Kier alpha value is -0.831. The maximum atomic E-state index is 12.2. The third kappa shape index (κ3) is 1.25. The van der Waals surface area contributed by atoms with E-state index in [4.69, 9.17) is 7.64 Å². The van der Waals surface area contributed by atoms with Gasteiger partial charge in [-0.1, -0.05) is 0 Å². The molecule has 2 spiro atoms. The first-order chi connectivity index (χ1) is 9.99. The van der Waals surface area contributed by atoms with Crippen molar-refractivity contribution in [1.82, 2.24) is 0 Å². The molecule has 5 rings (SSSR count). The summed E-state index contributed by atoms with van der Waals surface area (Å²) < 4.78 is 13.7. The first-order valence-corrected chi connectivity index (χ1v) is 11.3. The number of fused-ring (bicyclic) bond motifs is 3. The zero-order chi connectivity index (χ0) is 14.5. The first-order valence-electron chi connectivity index (χ1n) is 7.81. The zero-order valence-corrected chi connectivity index (χ0v) is 14.1. The van der Waals surface area contributed by atoms with Crippen LogP contribution in [-0.4, -0.2) is 25.6 Å². The Morgan fingerprint density at radius 1 is 1.29 bits per heavy atom. The molecular weight excluding hydrogens is 331 g/mol. The molecule has 0 radical (unpaired) electrons. The van der Waals surface area contributed by atoms with Gasteiger partial charge in [0.25, 0.3) is 0 Å². The van der Waals surface area contributed by atoms with Crippen molar-refractivity contribution >= 4 is 23.9 Å². The van der Waals surface area contributed by atoms with Crippen molar-refractivity contribution in [2.75, 3.05) is 0 Å². The van der Waals surface area contributed by atoms with Crippen molar-refractivity contribution in [2.24, 2.45) is 16.7 Å². The van der Waals surface area contributed by atoms with Crippen LogP contribution in [0, 0.1) is 16.7 Å². The molecule has 0 amide bonds. The Labute approximate surface area is 127 Å². The van der Waals surface area contributed by atoms with Gasteiger partial charge < -0.3 is 0 Å². The van der Waals surface area contributed by atoms with Crippen molar-refractivity contribution in [3.05, 3.63) is 29.8 Å². The zero-order valence-electron chi connectivity index (χ0n) is 12.4. The number of rotatable bonds is 0. The summed E-state index contributed by atoms with van der Waals surface area (Å²) in [5.41, 5.74) is 1.32. The molecule has 4 atom stereocenters. The predicted molar refractivity (Wildman–Crippen MR) is 80.5 cm³/mol. The molecule has 0 N–H and O–H groups in total. The van der Waals surface area contributed by atoms with Crippen LogP contribution in [0.15, 0.2) is 24.3 Å². The Kier molecular flexibility index (Phi) is 2.15. The van der Waals surface area contributed by atoms with Gasteiger partial charge in [-0.05, 0) is 0 Å². The molecule has 112 valence electrons. The third-order valence-corrected chi connectivity index (χ3v) is 12.8. The third-order valence-electron chi connectivity index (χ3n) is 6.73. The standard InChI is InChI=1S/C17H20O3Se/c1-16(2)11-7-8-17(16)10-21(19-14(17)9-11)13-6-4-3-5-12(13)15(18)20-21/h3-6,11,14H,7-10H2,1-2H3/t11-,14-,17-/m1/s1. The second-order valence-corrected chi connectivity index (χ2v) is 12.4. The van der Waals surface area contributed by atoms with Crippen LogP contribution in [0.25, 0.3) is 0 Å². The molecule has 2 heterocycles. The number of hydrogen-bond acceptors (Lipinski definition) is 3. The summed E-state index contributed by atoms with van der Waals surface area (Å²) in [5.74, 6) is 0.624. The van der Waals surface area contributed by atoms with Gasteiger partial charge in [0.05, 0.1) is 0 Å². The van der Waals surface area contributed by atoms with Gasteiger partial charge in [-0.2, -0.15) is 0 Å². The van der Waals surface area contributed by atoms with Crippen LogP contribution in [0.3, 0.4) is 0 Å². The van der Waals surface area contributed by atoms with E-state index < -0.39 is 13.5 Å². The van der Waals surface area contributed by atoms with E-state index in [2.05, 4.69) is 19.9 Å². The van der Waals surface area contributed by atoms with E-state index in [0.29, 0.717) is 11.5 Å². The van der Waals surface area contributed by atoms with Crippen LogP contribution in [0.2, 0.25) is 5.32 Å². The summed E-state index contributed by atoms with van der Waals surface area (Å²) in [6.45, 7) is 4.82. The molecule has 2 saturated carbocycles. The van der Waals surface area contributed by atoms with Crippen molar-refractivity contribution in [1.29, 1.82) is 0 Å². The molecule has 4 heteroatoms. The summed E-state index contributed by atoms with van der Waals surface area (Å²) in [6.07, 6.45) is 4.03. The van der Waals surface area contributed by atoms with Gasteiger partial charge in [-0.15, -0.1) is 0 Å². The van der Waals surface area contributed by atoms with Gasteiger partial charge >= 0.3 is 127 Å². The molecule has 2 bridgehead atoms. The molecule has 1 saturated heterocycles. The minimum atomic E-state index is -2.77. The quantitative estimate of drug-likeness (QED) is 0.675. The maximum absolute atomic E-state index is 12.2. The summed E-state index contributed by atoms with van der Waals surface area (Å²) in [6, 6.07) is 7.89. The fourth-order valence-corrected chi connectivity index (χ4v) is 13.0. The topological polar surface area (TPSA) is 35.5 Å². The monoisotopic (exact) mass is 352 g/mol. The van der Waals surface area contributed by atoms with Crippen LogP contribution < -0.4 is 4.46 Å². The Bertz CT molecular complexity index is 670. The summed E-state index contributed by atoms with van der Waals surface area (Å²) in [7, 11) is 0. The van der Waals surface area contributed by atoms with Crippen LogP contribution in [-0.2, 0) is 7.64 Å². The number of hydrogen-bond donors (Lipinski definition) is 0. The summed E-state index contributed by atoms with van der Waals surface area (Å²) in [4.78, 5) is 12.2. The molecule has 3 nitrogen and oxygen atoms in total. The van der Waals surface area contributed by atoms with E-state index in [1.54, 1.807) is 0 Å². The van der Waals surface area contributed by atoms with E-state index in [0.717, 1.165) is 27.7 Å². The molecule has 0 unspecified atom stereocenters. The molecule has 3 fully saturated rings. The Balaban J connectivity index is 1.65. The predicted octanol–water partition coefficient (Wildman–Crippen LogP) is 2.73. The number of benzene rings is 1. The van der Waals surface area contributed by atoms with Gasteiger partial charge in [-0.25, -0.2) is 0 Å². The van der Waals surface area contributed by atoms with Crippen molar-refractivity contribution < 1.29 is 12.4 Å². The molecule has 1 aromatic carbocycles. The summed E-state index contributed by atoms with van der Waals surface area (Å²) in [5, 5.41) is 0.987. The van der Waals surface area contributed by atoms with Gasteiger partial charge in [0.1, 0.15) is 0 Å². The molecule has 2 aliphatic carbocycles. The second kappa shape index (κ2) is 3.56.